The molecule has 0 heterocycles. The predicted octanol–water partition coefficient (Wildman–Crippen LogP) is 2.40. The van der Waals surface area contributed by atoms with E-state index in [-0.39, 0.29) is 0 Å². The zero-order valence-corrected chi connectivity index (χ0v) is 8.52. The van der Waals surface area contributed by atoms with Gasteiger partial charge in [0, 0.05) is 6.08 Å². The Morgan fingerprint density at radius 2 is 1.44 bits per heavy atom. The first-order chi connectivity index (χ1) is 8.36. The molecule has 0 aliphatic carbocycles. The van der Waals surface area contributed by atoms with Crippen LogP contribution < -0.4 is 4.74 Å². The molecule has 1 aromatic carbocycles. The van der Waals surface area contributed by atoms with E-state index in [0.717, 1.165) is 6.08 Å². The average molecular weight is 268 g/mol. The van der Waals surface area contributed by atoms with Gasteiger partial charge >= 0.3 is 5.97 Å². The highest BCUT2D eigenvalue weighted by Gasteiger charge is 2.26. The quantitative estimate of drug-likeness (QED) is 0.395. The van der Waals surface area contributed by atoms with Gasteiger partial charge in [0.2, 0.25) is 29.1 Å². The highest BCUT2D eigenvalue weighted by molar-refractivity contribution is 5.79. The van der Waals surface area contributed by atoms with Crippen molar-refractivity contribution in [3.63, 3.8) is 0 Å². The van der Waals surface area contributed by atoms with Crippen molar-refractivity contribution < 1.29 is 36.6 Å². The summed E-state index contributed by atoms with van der Waals surface area (Å²) in [6.07, 6.45) is 1.42. The SMILES string of the molecule is O=C(O)C=CCOc1c(F)c(F)c(F)c(F)c1F. The van der Waals surface area contributed by atoms with Crippen molar-refractivity contribution >= 4 is 5.97 Å². The molecule has 0 aromatic heterocycles. The molecule has 0 atom stereocenters. The molecule has 0 unspecified atom stereocenters. The van der Waals surface area contributed by atoms with E-state index < -0.39 is 47.4 Å². The summed E-state index contributed by atoms with van der Waals surface area (Å²) in [7, 11) is 0. The second-order valence-corrected chi connectivity index (χ2v) is 2.95. The molecule has 98 valence electrons. The zero-order valence-electron chi connectivity index (χ0n) is 8.52. The van der Waals surface area contributed by atoms with Gasteiger partial charge in [0.1, 0.15) is 6.61 Å². The number of rotatable bonds is 4. The smallest absolute Gasteiger partial charge is 0.328 e. The summed E-state index contributed by atoms with van der Waals surface area (Å²) in [5, 5.41) is 8.18. The molecule has 0 saturated heterocycles. The fourth-order valence-electron chi connectivity index (χ4n) is 0.992. The highest BCUT2D eigenvalue weighted by atomic mass is 19.2. The standard InChI is InChI=1S/C10H5F5O3/c11-5-6(12)8(14)10(9(15)7(5)13)18-3-1-2-4(16)17/h1-2H,3H2,(H,16,17). The fraction of sp³-hybridized carbons (Fsp3) is 0.100. The number of carboxylic acid groups (broad SMARTS) is 1. The maximum Gasteiger partial charge on any atom is 0.328 e. The molecule has 8 heteroatoms. The monoisotopic (exact) mass is 268 g/mol. The van der Waals surface area contributed by atoms with Crippen molar-refractivity contribution in [3.05, 3.63) is 41.2 Å². The minimum atomic E-state index is -2.29. The molecule has 0 amide bonds. The number of carbonyl (C=O) groups is 1. The summed E-state index contributed by atoms with van der Waals surface area (Å²) in [6.45, 7) is -0.662. The van der Waals surface area contributed by atoms with E-state index in [2.05, 4.69) is 4.74 Å². The van der Waals surface area contributed by atoms with E-state index >= 15 is 0 Å². The van der Waals surface area contributed by atoms with Gasteiger partial charge in [-0.25, -0.2) is 18.0 Å². The summed E-state index contributed by atoms with van der Waals surface area (Å²) in [6, 6.07) is 0. The molecule has 18 heavy (non-hydrogen) atoms. The molecule has 0 aliphatic heterocycles. The molecule has 0 saturated carbocycles. The van der Waals surface area contributed by atoms with Crippen molar-refractivity contribution in [2.75, 3.05) is 6.61 Å². The molecular formula is C10H5F5O3. The van der Waals surface area contributed by atoms with Crippen molar-refractivity contribution in [1.29, 1.82) is 0 Å². The van der Waals surface area contributed by atoms with Crippen LogP contribution in [-0.4, -0.2) is 17.7 Å². The molecular weight excluding hydrogens is 263 g/mol. The van der Waals surface area contributed by atoms with Crippen LogP contribution in [0.3, 0.4) is 0 Å². The number of hydrogen-bond acceptors (Lipinski definition) is 2. The largest absolute Gasteiger partial charge is 0.483 e. The number of benzene rings is 1. The molecule has 3 nitrogen and oxygen atoms in total. The van der Waals surface area contributed by atoms with Gasteiger partial charge in [-0.1, -0.05) is 0 Å². The molecule has 1 N–H and O–H groups in total. The minimum Gasteiger partial charge on any atom is -0.483 e. The summed E-state index contributed by atoms with van der Waals surface area (Å²) in [5.41, 5.74) is 0. The van der Waals surface area contributed by atoms with Gasteiger partial charge in [-0.05, 0) is 6.08 Å². The number of halogens is 5. The van der Waals surface area contributed by atoms with Crippen LogP contribution in [0.2, 0.25) is 0 Å². The Bertz CT molecular complexity index is 484. The second-order valence-electron chi connectivity index (χ2n) is 2.95. The van der Waals surface area contributed by atoms with Crippen molar-refractivity contribution in [1.82, 2.24) is 0 Å². The first-order valence-electron chi connectivity index (χ1n) is 4.40. The Hall–Kier alpha value is -2.12. The van der Waals surface area contributed by atoms with Crippen LogP contribution in [0.5, 0.6) is 5.75 Å². The van der Waals surface area contributed by atoms with E-state index in [0.29, 0.717) is 6.08 Å². The Morgan fingerprint density at radius 3 is 1.89 bits per heavy atom. The van der Waals surface area contributed by atoms with Crippen LogP contribution in [0.15, 0.2) is 12.2 Å². The van der Waals surface area contributed by atoms with Gasteiger partial charge in [0.15, 0.2) is 5.75 Å². The molecule has 0 bridgehead atoms. The fourth-order valence-corrected chi connectivity index (χ4v) is 0.992. The average Bonchev–Trinajstić information content (AvgIpc) is 2.32. The molecule has 1 rings (SSSR count). The van der Waals surface area contributed by atoms with Crippen LogP contribution in [-0.2, 0) is 4.79 Å². The van der Waals surface area contributed by atoms with E-state index in [1.54, 1.807) is 0 Å². The summed E-state index contributed by atoms with van der Waals surface area (Å²) >= 11 is 0. The van der Waals surface area contributed by atoms with Crippen LogP contribution in [0.25, 0.3) is 0 Å². The van der Waals surface area contributed by atoms with Gasteiger partial charge in [-0.3, -0.25) is 0 Å². The molecule has 0 radical (unpaired) electrons. The van der Waals surface area contributed by atoms with Crippen LogP contribution >= 0.6 is 0 Å². The predicted molar refractivity (Wildman–Crippen MR) is 48.5 cm³/mol. The number of aliphatic carboxylic acids is 1. The lowest BCUT2D eigenvalue weighted by Crippen LogP contribution is -2.07. The third kappa shape index (κ3) is 2.76. The highest BCUT2D eigenvalue weighted by Crippen LogP contribution is 2.28. The first-order valence-corrected chi connectivity index (χ1v) is 4.40. The normalized spacial score (nSPS) is 10.9. The molecule has 0 spiro atoms. The van der Waals surface area contributed by atoms with Crippen molar-refractivity contribution in [2.45, 2.75) is 0 Å². The van der Waals surface area contributed by atoms with Crippen molar-refractivity contribution in [2.24, 2.45) is 0 Å². The first kappa shape index (κ1) is 13.9. The minimum absolute atomic E-state index is 0.589. The van der Waals surface area contributed by atoms with Gasteiger partial charge in [0.25, 0.3) is 0 Å². The molecule has 0 fully saturated rings. The lowest BCUT2D eigenvalue weighted by Gasteiger charge is -2.08. The lowest BCUT2D eigenvalue weighted by atomic mass is 10.2. The zero-order chi connectivity index (χ0) is 13.9. The third-order valence-electron chi connectivity index (χ3n) is 1.75. The van der Waals surface area contributed by atoms with Gasteiger partial charge in [-0.15, -0.1) is 0 Å². The van der Waals surface area contributed by atoms with E-state index in [1.165, 1.54) is 0 Å². The van der Waals surface area contributed by atoms with E-state index in [4.69, 9.17) is 5.11 Å². The number of ether oxygens (including phenoxy) is 1. The molecule has 1 aromatic rings. The second kappa shape index (κ2) is 5.48. The third-order valence-corrected chi connectivity index (χ3v) is 1.75. The van der Waals surface area contributed by atoms with Crippen LogP contribution in [0, 0.1) is 29.1 Å². The maximum absolute atomic E-state index is 13.0. The topological polar surface area (TPSA) is 46.5 Å². The maximum atomic E-state index is 13.0. The lowest BCUT2D eigenvalue weighted by molar-refractivity contribution is -0.131. The summed E-state index contributed by atoms with van der Waals surface area (Å²) < 4.78 is 68.3. The van der Waals surface area contributed by atoms with Gasteiger partial charge in [0.05, 0.1) is 0 Å². The van der Waals surface area contributed by atoms with E-state index in [1.807, 2.05) is 0 Å². The van der Waals surface area contributed by atoms with Gasteiger partial charge in [-0.2, -0.15) is 8.78 Å². The molecule has 0 aliphatic rings. The Labute approximate surface area is 97.1 Å². The van der Waals surface area contributed by atoms with Crippen LogP contribution in [0.1, 0.15) is 0 Å². The Balaban J connectivity index is 3.00. The summed E-state index contributed by atoms with van der Waals surface area (Å²) in [5.74, 6) is -13.6. The Morgan fingerprint density at radius 1 is 1.00 bits per heavy atom. The van der Waals surface area contributed by atoms with E-state index in [9.17, 15) is 26.7 Å². The van der Waals surface area contributed by atoms with Crippen LogP contribution in [0.4, 0.5) is 22.0 Å². The van der Waals surface area contributed by atoms with Crippen molar-refractivity contribution in [3.8, 4) is 5.75 Å². The number of hydrogen-bond donors (Lipinski definition) is 1. The summed E-state index contributed by atoms with van der Waals surface area (Å²) in [4.78, 5) is 10.0. The van der Waals surface area contributed by atoms with Gasteiger partial charge < -0.3 is 9.84 Å². The Kier molecular flexibility index (Phi) is 4.24. The number of carboxylic acids is 1.